The van der Waals surface area contributed by atoms with E-state index >= 15 is 0 Å². The maximum Gasteiger partial charge on any atom is 0.119 e. The number of hydrogen-bond acceptors (Lipinski definition) is 7. The summed E-state index contributed by atoms with van der Waals surface area (Å²) in [5.41, 5.74) is 15.0. The second-order valence-corrected chi connectivity index (χ2v) is 23.3. The molecule has 0 spiro atoms. The van der Waals surface area contributed by atoms with Gasteiger partial charge in [-0.1, -0.05) is 193 Å². The highest BCUT2D eigenvalue weighted by molar-refractivity contribution is 7.00. The third-order valence-electron chi connectivity index (χ3n) is 16.8. The molecule has 0 aliphatic carbocycles. The minimum atomic E-state index is 0.567. The third kappa shape index (κ3) is 17.1. The fourth-order valence-electron chi connectivity index (χ4n) is 11.0. The molecule has 0 fully saturated rings. The van der Waals surface area contributed by atoms with Gasteiger partial charge in [-0.25, -0.2) is 0 Å². The second-order valence-electron chi connectivity index (χ2n) is 22.7. The lowest BCUT2D eigenvalue weighted by molar-refractivity contribution is 0.233. The van der Waals surface area contributed by atoms with E-state index in [1.807, 2.05) is 0 Å². The maximum atomic E-state index is 6.39. The number of benzene rings is 7. The molecule has 6 nitrogen and oxygen atoms in total. The molecule has 0 N–H and O–H groups in total. The average molecular weight is 1110 g/mol. The summed E-state index contributed by atoms with van der Waals surface area (Å²) < 4.78 is 35.7. The van der Waals surface area contributed by atoms with Gasteiger partial charge in [-0.15, -0.1) is 0 Å². The number of fused-ring (bicyclic) bond motifs is 1. The zero-order valence-electron chi connectivity index (χ0n) is 50.2. The maximum absolute atomic E-state index is 6.39. The molecule has 0 aliphatic heterocycles. The van der Waals surface area contributed by atoms with Crippen LogP contribution in [0.5, 0.6) is 23.0 Å². The first-order valence-electron chi connectivity index (χ1n) is 31.2. The molecule has 8 aromatic rings. The predicted octanol–water partition coefficient (Wildman–Crippen LogP) is 22.1. The minimum Gasteiger partial charge on any atom is -0.493 e. The third-order valence-corrected chi connectivity index (χ3v) is 17.3. The van der Waals surface area contributed by atoms with Gasteiger partial charge in [0.25, 0.3) is 0 Å². The van der Waals surface area contributed by atoms with Crippen molar-refractivity contribution in [1.29, 1.82) is 0 Å². The van der Waals surface area contributed by atoms with Gasteiger partial charge in [0.05, 0.1) is 38.2 Å². The predicted molar refractivity (Wildman–Crippen MR) is 345 cm³/mol. The first kappa shape index (κ1) is 60.7. The first-order valence-corrected chi connectivity index (χ1v) is 32.0. The van der Waals surface area contributed by atoms with Crippen LogP contribution in [0.15, 0.2) is 146 Å². The smallest absolute Gasteiger partial charge is 0.119 e. The number of nitrogens with zero attached hydrogens (tertiary/aromatic N) is 2. The highest BCUT2D eigenvalue weighted by atomic mass is 32.1. The summed E-state index contributed by atoms with van der Waals surface area (Å²) in [6.07, 6.45) is 19.1. The molecule has 7 aromatic carbocycles. The van der Waals surface area contributed by atoms with Crippen molar-refractivity contribution < 1.29 is 18.9 Å². The van der Waals surface area contributed by atoms with E-state index in [4.69, 9.17) is 27.7 Å². The van der Waals surface area contributed by atoms with Crippen LogP contribution in [-0.4, -0.2) is 35.2 Å². The SMILES string of the molecule is CCCCC(CC)COc1ccc(-c2cc(-c3ccc(OCC(CC)CCCC)cc3)cc(-c3ccc(-c4cc(-c5ccc(OCC(CC)CCCC)cc5)cc(-c5ccc(OCC(CC)CCCC)cc5)c4)c4nsnc34)c2)cc1. The largest absolute Gasteiger partial charge is 0.493 e. The van der Waals surface area contributed by atoms with Crippen molar-refractivity contribution in [2.24, 2.45) is 23.7 Å². The van der Waals surface area contributed by atoms with E-state index in [0.717, 1.165) is 153 Å². The van der Waals surface area contributed by atoms with Crippen LogP contribution in [0.1, 0.15) is 158 Å². The van der Waals surface area contributed by atoms with Crippen molar-refractivity contribution in [2.75, 3.05) is 26.4 Å². The molecule has 428 valence electrons. The van der Waals surface area contributed by atoms with Crippen LogP contribution in [0, 0.1) is 23.7 Å². The van der Waals surface area contributed by atoms with Crippen molar-refractivity contribution in [3.63, 3.8) is 0 Å². The molecule has 0 saturated heterocycles. The van der Waals surface area contributed by atoms with E-state index in [9.17, 15) is 0 Å². The molecule has 81 heavy (non-hydrogen) atoms. The molecule has 0 radical (unpaired) electrons. The van der Waals surface area contributed by atoms with E-state index in [-0.39, 0.29) is 0 Å². The zero-order chi connectivity index (χ0) is 56.8. The Hall–Kier alpha value is -6.44. The lowest BCUT2D eigenvalue weighted by Crippen LogP contribution is -2.11. The molecule has 0 bridgehead atoms. The highest BCUT2D eigenvalue weighted by Gasteiger charge is 2.19. The molecule has 0 saturated carbocycles. The molecule has 4 unspecified atom stereocenters. The van der Waals surface area contributed by atoms with E-state index in [0.29, 0.717) is 23.7 Å². The highest BCUT2D eigenvalue weighted by Crippen LogP contribution is 2.42. The Balaban J connectivity index is 1.15. The van der Waals surface area contributed by atoms with Crippen molar-refractivity contribution >= 4 is 22.8 Å². The summed E-state index contributed by atoms with van der Waals surface area (Å²) in [5, 5.41) is 0. The molecular formula is C74H92N2O4S. The number of unbranched alkanes of at least 4 members (excludes halogenated alkanes) is 4. The van der Waals surface area contributed by atoms with Crippen LogP contribution in [0.2, 0.25) is 0 Å². The fraction of sp³-hybridized carbons (Fsp3) is 0.432. The van der Waals surface area contributed by atoms with Crippen molar-refractivity contribution in [1.82, 2.24) is 8.75 Å². The van der Waals surface area contributed by atoms with Crippen LogP contribution in [0.3, 0.4) is 0 Å². The minimum absolute atomic E-state index is 0.567. The Bertz CT molecular complexity index is 2740. The molecule has 4 atom stereocenters. The molecule has 1 heterocycles. The van der Waals surface area contributed by atoms with Crippen molar-refractivity contribution in [3.8, 4) is 89.8 Å². The Morgan fingerprint density at radius 3 is 0.753 bits per heavy atom. The summed E-state index contributed by atoms with van der Waals surface area (Å²) in [7, 11) is 0. The lowest BCUT2D eigenvalue weighted by atomic mass is 9.90. The topological polar surface area (TPSA) is 62.7 Å². The van der Waals surface area contributed by atoms with Crippen LogP contribution in [0.25, 0.3) is 77.8 Å². The average Bonchev–Trinajstić information content (AvgIpc) is 4.20. The first-order chi connectivity index (χ1) is 39.8. The van der Waals surface area contributed by atoms with E-state index < -0.39 is 0 Å². The Kier molecular flexibility index (Phi) is 23.7. The standard InChI is InChI=1S/C74H92N2O4S/c1-9-17-21-53(13-5)49-77-67-33-25-57(26-34-67)61-43-62(58-27-35-68(36-28-58)78-50-54(14-6)22-18-10-2)46-65(45-61)71-41-42-72(74-73(71)75-81-76-74)66-47-63(59-29-37-69(38-30-59)79-51-55(15-7)23-19-11-3)44-64(48-66)60-31-39-70(40-32-60)80-52-56(16-8)24-20-12-4/h25-48,53-56H,9-24,49-52H2,1-8H3. The Labute approximate surface area is 491 Å². The molecule has 8 rings (SSSR count). The van der Waals surface area contributed by atoms with E-state index in [1.165, 1.54) is 88.8 Å². The number of ether oxygens (including phenoxy) is 4. The molecule has 7 heteroatoms. The van der Waals surface area contributed by atoms with Gasteiger partial charge in [0, 0.05) is 11.1 Å². The van der Waals surface area contributed by atoms with Gasteiger partial charge < -0.3 is 18.9 Å². The zero-order valence-corrected chi connectivity index (χ0v) is 51.1. The van der Waals surface area contributed by atoms with Gasteiger partial charge in [-0.2, -0.15) is 8.75 Å². The van der Waals surface area contributed by atoms with E-state index in [1.54, 1.807) is 0 Å². The van der Waals surface area contributed by atoms with Crippen molar-refractivity contribution in [2.45, 2.75) is 158 Å². The second kappa shape index (κ2) is 31.7. The quantitative estimate of drug-likeness (QED) is 0.0401. The monoisotopic (exact) mass is 1100 g/mol. The summed E-state index contributed by atoms with van der Waals surface area (Å²) in [5.74, 6) is 5.91. The van der Waals surface area contributed by atoms with Crippen LogP contribution < -0.4 is 18.9 Å². The molecule has 1 aromatic heterocycles. The lowest BCUT2D eigenvalue weighted by Gasteiger charge is -2.17. The summed E-state index contributed by atoms with van der Waals surface area (Å²) in [6, 6.07) is 53.0. The number of aromatic nitrogens is 2. The number of rotatable bonds is 34. The summed E-state index contributed by atoms with van der Waals surface area (Å²) >= 11 is 1.27. The Morgan fingerprint density at radius 2 is 0.531 bits per heavy atom. The molecular weight excluding hydrogens is 1010 g/mol. The summed E-state index contributed by atoms with van der Waals surface area (Å²) in [6.45, 7) is 21.1. The summed E-state index contributed by atoms with van der Waals surface area (Å²) in [4.78, 5) is 0. The normalized spacial score (nSPS) is 13.0. The van der Waals surface area contributed by atoms with Gasteiger partial charge in [0.1, 0.15) is 34.0 Å². The van der Waals surface area contributed by atoms with Gasteiger partial charge in [0.2, 0.25) is 0 Å². The molecule has 0 amide bonds. The van der Waals surface area contributed by atoms with Gasteiger partial charge in [-0.05, 0) is 190 Å². The fourth-order valence-corrected chi connectivity index (χ4v) is 11.6. The van der Waals surface area contributed by atoms with Gasteiger partial charge in [0.15, 0.2) is 0 Å². The van der Waals surface area contributed by atoms with Gasteiger partial charge in [-0.3, -0.25) is 0 Å². The van der Waals surface area contributed by atoms with Crippen LogP contribution in [0.4, 0.5) is 0 Å². The van der Waals surface area contributed by atoms with Gasteiger partial charge >= 0.3 is 0 Å². The Morgan fingerprint density at radius 1 is 0.296 bits per heavy atom. The van der Waals surface area contributed by atoms with E-state index in [2.05, 4.69) is 201 Å². The molecule has 0 aliphatic rings. The van der Waals surface area contributed by atoms with Crippen LogP contribution in [-0.2, 0) is 0 Å². The van der Waals surface area contributed by atoms with Crippen molar-refractivity contribution in [3.05, 3.63) is 146 Å². The number of hydrogen-bond donors (Lipinski definition) is 0. The van der Waals surface area contributed by atoms with Crippen LogP contribution >= 0.6 is 11.7 Å².